The van der Waals surface area contributed by atoms with Gasteiger partial charge in [0.25, 0.3) is 0 Å². The fourth-order valence-corrected chi connectivity index (χ4v) is 3.94. The minimum atomic E-state index is -0.611. The normalized spacial score (nSPS) is 10.8. The van der Waals surface area contributed by atoms with Crippen molar-refractivity contribution < 1.29 is 28.2 Å². The van der Waals surface area contributed by atoms with Crippen LogP contribution in [0.2, 0.25) is 0 Å². The summed E-state index contributed by atoms with van der Waals surface area (Å²) in [4.78, 5) is 26.3. The minimum Gasteiger partial charge on any atom is -0.493 e. The molecular weight excluding hydrogens is 460 g/mol. The summed E-state index contributed by atoms with van der Waals surface area (Å²) in [6.45, 7) is 5.84. The molecule has 7 nitrogen and oxygen atoms in total. The second-order valence-corrected chi connectivity index (χ2v) is 8.50. The van der Waals surface area contributed by atoms with E-state index in [1.54, 1.807) is 24.3 Å². The zero-order chi connectivity index (χ0) is 25.8. The second kappa shape index (κ2) is 10.6. The van der Waals surface area contributed by atoms with Crippen LogP contribution in [-0.4, -0.2) is 26.8 Å². The first-order valence-corrected chi connectivity index (χ1v) is 11.5. The Morgan fingerprint density at radius 3 is 2.28 bits per heavy atom. The van der Waals surface area contributed by atoms with Gasteiger partial charge in [-0.25, -0.2) is 0 Å². The van der Waals surface area contributed by atoms with E-state index < -0.39 is 11.4 Å². The Hall–Kier alpha value is -4.26. The highest BCUT2D eigenvalue weighted by Gasteiger charge is 2.23. The van der Waals surface area contributed by atoms with Gasteiger partial charge in [-0.1, -0.05) is 23.8 Å². The Morgan fingerprint density at radius 1 is 0.861 bits per heavy atom. The van der Waals surface area contributed by atoms with Crippen LogP contribution in [0.15, 0.2) is 63.8 Å². The molecule has 1 aromatic heterocycles. The SMILES string of the molecule is COc1ccc(-c2oc3c(C)cc(C)cc3c(=O)c2OC(=O)CCOc2ccc(C)cc2)cc1OC. The number of hydrogen-bond acceptors (Lipinski definition) is 7. The van der Waals surface area contributed by atoms with E-state index in [0.717, 1.165) is 16.7 Å². The molecule has 0 unspecified atom stereocenters. The van der Waals surface area contributed by atoms with Crippen LogP contribution >= 0.6 is 0 Å². The van der Waals surface area contributed by atoms with Crippen LogP contribution in [0.25, 0.3) is 22.3 Å². The molecule has 0 bridgehead atoms. The molecule has 4 aromatic rings. The molecule has 0 amide bonds. The number of benzene rings is 3. The van der Waals surface area contributed by atoms with Crippen molar-refractivity contribution in [2.75, 3.05) is 20.8 Å². The summed E-state index contributed by atoms with van der Waals surface area (Å²) in [7, 11) is 3.05. The zero-order valence-electron chi connectivity index (χ0n) is 21.0. The van der Waals surface area contributed by atoms with E-state index in [0.29, 0.717) is 33.8 Å². The van der Waals surface area contributed by atoms with E-state index in [1.165, 1.54) is 14.2 Å². The fraction of sp³-hybridized carbons (Fsp3) is 0.241. The summed E-state index contributed by atoms with van der Waals surface area (Å²) >= 11 is 0. The van der Waals surface area contributed by atoms with Crippen LogP contribution in [0, 0.1) is 20.8 Å². The smallest absolute Gasteiger partial charge is 0.314 e. The van der Waals surface area contributed by atoms with E-state index in [-0.39, 0.29) is 24.5 Å². The third-order valence-electron chi connectivity index (χ3n) is 5.74. The number of carbonyl (C=O) groups is 1. The van der Waals surface area contributed by atoms with Gasteiger partial charge in [-0.05, 0) is 68.3 Å². The topological polar surface area (TPSA) is 84.2 Å². The van der Waals surface area contributed by atoms with Crippen molar-refractivity contribution in [2.45, 2.75) is 27.2 Å². The molecule has 3 aromatic carbocycles. The van der Waals surface area contributed by atoms with Crippen LogP contribution in [0.4, 0.5) is 0 Å². The zero-order valence-corrected chi connectivity index (χ0v) is 21.0. The largest absolute Gasteiger partial charge is 0.493 e. The monoisotopic (exact) mass is 488 g/mol. The molecule has 0 radical (unpaired) electrons. The molecule has 1 heterocycles. The Balaban J connectivity index is 1.71. The first-order chi connectivity index (χ1) is 17.3. The Bertz CT molecular complexity index is 1470. The van der Waals surface area contributed by atoms with Gasteiger partial charge in [0.15, 0.2) is 17.3 Å². The maximum atomic E-state index is 13.5. The lowest BCUT2D eigenvalue weighted by atomic mass is 10.0. The maximum absolute atomic E-state index is 13.5. The lowest BCUT2D eigenvalue weighted by molar-refractivity contribution is -0.135. The molecular formula is C29H28O7. The van der Waals surface area contributed by atoms with Crippen molar-refractivity contribution in [3.05, 3.63) is 81.5 Å². The van der Waals surface area contributed by atoms with Gasteiger partial charge < -0.3 is 23.4 Å². The van der Waals surface area contributed by atoms with Crippen molar-refractivity contribution in [3.8, 4) is 34.3 Å². The Labute approximate surface area is 209 Å². The van der Waals surface area contributed by atoms with Crippen molar-refractivity contribution in [3.63, 3.8) is 0 Å². The number of aryl methyl sites for hydroxylation is 3. The number of fused-ring (bicyclic) bond motifs is 1. The lowest BCUT2D eigenvalue weighted by Gasteiger charge is -2.14. The number of hydrogen-bond donors (Lipinski definition) is 0. The first-order valence-electron chi connectivity index (χ1n) is 11.5. The second-order valence-electron chi connectivity index (χ2n) is 8.50. The van der Waals surface area contributed by atoms with Crippen molar-refractivity contribution in [1.29, 1.82) is 0 Å². The van der Waals surface area contributed by atoms with Crippen LogP contribution in [0.3, 0.4) is 0 Å². The molecule has 36 heavy (non-hydrogen) atoms. The number of esters is 1. The molecule has 0 aliphatic heterocycles. The first kappa shape index (κ1) is 24.9. The van der Waals surface area contributed by atoms with Gasteiger partial charge in [-0.15, -0.1) is 0 Å². The highest BCUT2D eigenvalue weighted by molar-refractivity contribution is 5.87. The van der Waals surface area contributed by atoms with Gasteiger partial charge >= 0.3 is 5.97 Å². The molecule has 0 aliphatic carbocycles. The lowest BCUT2D eigenvalue weighted by Crippen LogP contribution is -2.18. The van der Waals surface area contributed by atoms with Gasteiger partial charge in [0.2, 0.25) is 11.2 Å². The molecule has 0 aliphatic rings. The summed E-state index contributed by atoms with van der Waals surface area (Å²) < 4.78 is 28.2. The standard InChI is InChI=1S/C29H28O7/c1-17-6-9-21(10-7-17)34-13-12-25(30)35-29-26(31)22-15-18(2)14-19(3)27(22)36-28(29)20-8-11-23(32-4)24(16-20)33-5/h6-11,14-16H,12-13H2,1-5H3. The molecule has 0 spiro atoms. The van der Waals surface area contributed by atoms with Gasteiger partial charge in [-0.2, -0.15) is 0 Å². The number of carbonyl (C=O) groups excluding carboxylic acids is 1. The summed E-state index contributed by atoms with van der Waals surface area (Å²) in [6.07, 6.45) is -0.0520. The number of methoxy groups -OCH3 is 2. The molecule has 186 valence electrons. The van der Waals surface area contributed by atoms with E-state index in [1.807, 2.05) is 51.1 Å². The fourth-order valence-electron chi connectivity index (χ4n) is 3.94. The molecule has 0 N–H and O–H groups in total. The van der Waals surface area contributed by atoms with E-state index >= 15 is 0 Å². The molecule has 7 heteroatoms. The highest BCUT2D eigenvalue weighted by atomic mass is 16.5. The van der Waals surface area contributed by atoms with E-state index in [4.69, 9.17) is 23.4 Å². The van der Waals surface area contributed by atoms with Gasteiger partial charge in [0, 0.05) is 5.56 Å². The van der Waals surface area contributed by atoms with E-state index in [9.17, 15) is 9.59 Å². The van der Waals surface area contributed by atoms with Gasteiger partial charge in [0.05, 0.1) is 32.6 Å². The quantitative estimate of drug-likeness (QED) is 0.291. The van der Waals surface area contributed by atoms with Crippen molar-refractivity contribution >= 4 is 16.9 Å². The third kappa shape index (κ3) is 5.20. The Morgan fingerprint density at radius 2 is 1.58 bits per heavy atom. The molecule has 0 atom stereocenters. The maximum Gasteiger partial charge on any atom is 0.314 e. The van der Waals surface area contributed by atoms with Crippen molar-refractivity contribution in [1.82, 2.24) is 0 Å². The molecule has 4 rings (SSSR count). The van der Waals surface area contributed by atoms with Crippen LogP contribution < -0.4 is 24.4 Å². The van der Waals surface area contributed by atoms with Crippen molar-refractivity contribution in [2.24, 2.45) is 0 Å². The molecule has 0 fully saturated rings. The predicted octanol–water partition coefficient (Wildman–Crippen LogP) is 5.78. The third-order valence-corrected chi connectivity index (χ3v) is 5.74. The van der Waals surface area contributed by atoms with Crippen LogP contribution in [0.1, 0.15) is 23.1 Å². The van der Waals surface area contributed by atoms with Crippen LogP contribution in [0.5, 0.6) is 23.0 Å². The summed E-state index contributed by atoms with van der Waals surface area (Å²) in [6, 6.07) is 16.2. The number of rotatable bonds is 8. The highest BCUT2D eigenvalue weighted by Crippen LogP contribution is 2.37. The Kier molecular flexibility index (Phi) is 7.29. The summed E-state index contributed by atoms with van der Waals surface area (Å²) in [5.41, 5.74) is 3.31. The average Bonchev–Trinajstić information content (AvgIpc) is 2.86. The molecule has 0 saturated carbocycles. The average molecular weight is 489 g/mol. The minimum absolute atomic E-state index is 0.0520. The summed E-state index contributed by atoms with van der Waals surface area (Å²) in [5, 5.41) is 0.343. The number of ether oxygens (including phenoxy) is 4. The predicted molar refractivity (Wildman–Crippen MR) is 137 cm³/mol. The van der Waals surface area contributed by atoms with Gasteiger partial charge in [0.1, 0.15) is 11.3 Å². The van der Waals surface area contributed by atoms with E-state index in [2.05, 4.69) is 0 Å². The van der Waals surface area contributed by atoms with Crippen LogP contribution in [-0.2, 0) is 4.79 Å². The summed E-state index contributed by atoms with van der Waals surface area (Å²) in [5.74, 6) is 0.953. The van der Waals surface area contributed by atoms with Gasteiger partial charge in [-0.3, -0.25) is 9.59 Å². The molecule has 0 saturated heterocycles.